The van der Waals surface area contributed by atoms with Gasteiger partial charge < -0.3 is 4.90 Å². The third-order valence-electron chi connectivity index (χ3n) is 1.89. The van der Waals surface area contributed by atoms with Gasteiger partial charge in [0.15, 0.2) is 0 Å². The molecule has 11 heavy (non-hydrogen) atoms. The highest BCUT2D eigenvalue weighted by Crippen LogP contribution is 2.17. The molecule has 0 bridgehead atoms. The van der Waals surface area contributed by atoms with E-state index in [1.807, 2.05) is 6.20 Å². The van der Waals surface area contributed by atoms with Crippen molar-refractivity contribution in [1.82, 2.24) is 4.98 Å². The van der Waals surface area contributed by atoms with Crippen LogP contribution in [0, 0.1) is 3.57 Å². The first-order chi connectivity index (χ1) is 5.36. The quantitative estimate of drug-likeness (QED) is 0.717. The lowest BCUT2D eigenvalue weighted by Crippen LogP contribution is -2.37. The molecule has 2 nitrogen and oxygen atoms in total. The fourth-order valence-corrected chi connectivity index (χ4v) is 1.42. The van der Waals surface area contributed by atoms with Gasteiger partial charge in [-0.2, -0.15) is 0 Å². The maximum absolute atomic E-state index is 4.32. The predicted octanol–water partition coefficient (Wildman–Crippen LogP) is 1.90. The molecule has 0 atom stereocenters. The fourth-order valence-electron chi connectivity index (χ4n) is 1.10. The van der Waals surface area contributed by atoms with Crippen LogP contribution in [-0.2, 0) is 0 Å². The first kappa shape index (κ1) is 7.34. The first-order valence-corrected chi connectivity index (χ1v) is 4.80. The smallest absolute Gasteiger partial charge is 0.128 e. The van der Waals surface area contributed by atoms with Crippen molar-refractivity contribution in [2.24, 2.45) is 0 Å². The molecule has 1 aromatic rings. The summed E-state index contributed by atoms with van der Waals surface area (Å²) < 4.78 is 1.20. The number of aromatic nitrogens is 1. The molecule has 58 valence electrons. The summed E-state index contributed by atoms with van der Waals surface area (Å²) in [7, 11) is 0. The predicted molar refractivity (Wildman–Crippen MR) is 53.8 cm³/mol. The Morgan fingerprint density at radius 2 is 2.18 bits per heavy atom. The van der Waals surface area contributed by atoms with Gasteiger partial charge in [-0.1, -0.05) is 0 Å². The van der Waals surface area contributed by atoms with Crippen molar-refractivity contribution in [2.75, 3.05) is 18.0 Å². The van der Waals surface area contributed by atoms with E-state index in [0.29, 0.717) is 0 Å². The Balaban J connectivity index is 2.18. The number of hydrogen-bond donors (Lipinski definition) is 0. The van der Waals surface area contributed by atoms with Crippen LogP contribution in [-0.4, -0.2) is 18.1 Å². The lowest BCUT2D eigenvalue weighted by molar-refractivity contribution is 0.609. The summed E-state index contributed by atoms with van der Waals surface area (Å²) in [5.74, 6) is 1.12. The Morgan fingerprint density at radius 3 is 2.64 bits per heavy atom. The van der Waals surface area contributed by atoms with Gasteiger partial charge >= 0.3 is 0 Å². The normalized spacial score (nSPS) is 16.3. The number of hydrogen-bond acceptors (Lipinski definition) is 2. The van der Waals surface area contributed by atoms with Crippen molar-refractivity contribution >= 4 is 28.4 Å². The Bertz CT molecular complexity index is 241. The second-order valence-corrected chi connectivity index (χ2v) is 3.92. The van der Waals surface area contributed by atoms with Crippen molar-refractivity contribution in [2.45, 2.75) is 6.42 Å². The molecule has 2 heterocycles. The number of pyridine rings is 1. The van der Waals surface area contributed by atoms with Crippen LogP contribution < -0.4 is 4.90 Å². The molecular formula is C8H9IN2. The summed E-state index contributed by atoms with van der Waals surface area (Å²) in [5, 5.41) is 0. The molecule has 1 aliphatic heterocycles. The largest absolute Gasteiger partial charge is 0.356 e. The van der Waals surface area contributed by atoms with Crippen LogP contribution in [0.4, 0.5) is 5.82 Å². The second kappa shape index (κ2) is 2.97. The monoisotopic (exact) mass is 260 g/mol. The standard InChI is InChI=1S/C8H9IN2/c9-7-2-3-8(10-6-7)11-4-1-5-11/h2-3,6H,1,4-5H2. The minimum absolute atomic E-state index is 1.12. The molecule has 2 rings (SSSR count). The van der Waals surface area contributed by atoms with E-state index in [0.717, 1.165) is 5.82 Å². The van der Waals surface area contributed by atoms with Gasteiger partial charge in [0.25, 0.3) is 0 Å². The summed E-state index contributed by atoms with van der Waals surface area (Å²) in [6.45, 7) is 2.35. The number of halogens is 1. The highest BCUT2D eigenvalue weighted by Gasteiger charge is 2.14. The molecular weight excluding hydrogens is 251 g/mol. The van der Waals surface area contributed by atoms with Gasteiger partial charge in [0.1, 0.15) is 5.82 Å². The molecule has 1 fully saturated rings. The average molecular weight is 260 g/mol. The second-order valence-electron chi connectivity index (χ2n) is 2.68. The maximum Gasteiger partial charge on any atom is 0.128 e. The molecule has 3 heteroatoms. The minimum Gasteiger partial charge on any atom is -0.356 e. The lowest BCUT2D eigenvalue weighted by Gasteiger charge is -2.31. The van der Waals surface area contributed by atoms with Crippen LogP contribution >= 0.6 is 22.6 Å². The Morgan fingerprint density at radius 1 is 1.36 bits per heavy atom. The van der Waals surface area contributed by atoms with Gasteiger partial charge in [0.2, 0.25) is 0 Å². The molecule has 0 N–H and O–H groups in total. The summed E-state index contributed by atoms with van der Waals surface area (Å²) >= 11 is 2.27. The lowest BCUT2D eigenvalue weighted by atomic mass is 10.2. The zero-order chi connectivity index (χ0) is 7.68. The van der Waals surface area contributed by atoms with Gasteiger partial charge in [-0.15, -0.1) is 0 Å². The van der Waals surface area contributed by atoms with Gasteiger partial charge in [-0.05, 0) is 41.1 Å². The third kappa shape index (κ3) is 1.47. The van der Waals surface area contributed by atoms with Crippen LogP contribution in [0.3, 0.4) is 0 Å². The van der Waals surface area contributed by atoms with E-state index in [4.69, 9.17) is 0 Å². The molecule has 0 saturated carbocycles. The van der Waals surface area contributed by atoms with Crippen molar-refractivity contribution < 1.29 is 0 Å². The molecule has 0 spiro atoms. The number of nitrogens with zero attached hydrogens (tertiary/aromatic N) is 2. The van der Waals surface area contributed by atoms with Crippen LogP contribution in [0.2, 0.25) is 0 Å². The van der Waals surface area contributed by atoms with Gasteiger partial charge in [-0.25, -0.2) is 4.98 Å². The van der Waals surface area contributed by atoms with E-state index in [-0.39, 0.29) is 0 Å². The highest BCUT2D eigenvalue weighted by atomic mass is 127. The summed E-state index contributed by atoms with van der Waals surface area (Å²) in [4.78, 5) is 6.61. The SMILES string of the molecule is Ic1ccc(N2CCC2)nc1. The van der Waals surface area contributed by atoms with Crippen LogP contribution in [0.15, 0.2) is 18.3 Å². The van der Waals surface area contributed by atoms with E-state index in [2.05, 4.69) is 44.6 Å². The van der Waals surface area contributed by atoms with Crippen LogP contribution in [0.1, 0.15) is 6.42 Å². The van der Waals surface area contributed by atoms with Gasteiger partial charge in [0.05, 0.1) is 0 Å². The van der Waals surface area contributed by atoms with E-state index >= 15 is 0 Å². The van der Waals surface area contributed by atoms with Crippen molar-refractivity contribution in [3.63, 3.8) is 0 Å². The first-order valence-electron chi connectivity index (χ1n) is 3.73. The van der Waals surface area contributed by atoms with Gasteiger partial charge in [-0.3, -0.25) is 0 Å². The van der Waals surface area contributed by atoms with Gasteiger partial charge in [0, 0.05) is 22.9 Å². The van der Waals surface area contributed by atoms with E-state index in [1.54, 1.807) is 0 Å². The highest BCUT2D eigenvalue weighted by molar-refractivity contribution is 14.1. The molecule has 0 unspecified atom stereocenters. The molecule has 0 amide bonds. The third-order valence-corrected chi connectivity index (χ3v) is 2.53. The topological polar surface area (TPSA) is 16.1 Å². The summed E-state index contributed by atoms with van der Waals surface area (Å²) in [6.07, 6.45) is 3.22. The Kier molecular flexibility index (Phi) is 1.98. The van der Waals surface area contributed by atoms with Crippen LogP contribution in [0.25, 0.3) is 0 Å². The van der Waals surface area contributed by atoms with E-state index in [1.165, 1.54) is 23.1 Å². The maximum atomic E-state index is 4.32. The molecule has 0 aromatic carbocycles. The molecule has 1 saturated heterocycles. The summed E-state index contributed by atoms with van der Waals surface area (Å²) in [5.41, 5.74) is 0. The summed E-state index contributed by atoms with van der Waals surface area (Å²) in [6, 6.07) is 4.18. The zero-order valence-corrected chi connectivity index (χ0v) is 8.28. The number of rotatable bonds is 1. The Labute approximate surface area is 79.8 Å². The van der Waals surface area contributed by atoms with Crippen molar-refractivity contribution in [3.8, 4) is 0 Å². The van der Waals surface area contributed by atoms with Crippen LogP contribution in [0.5, 0.6) is 0 Å². The van der Waals surface area contributed by atoms with E-state index < -0.39 is 0 Å². The van der Waals surface area contributed by atoms with Crippen molar-refractivity contribution in [3.05, 3.63) is 21.9 Å². The molecule has 0 radical (unpaired) electrons. The van der Waals surface area contributed by atoms with Crippen molar-refractivity contribution in [1.29, 1.82) is 0 Å². The fraction of sp³-hybridized carbons (Fsp3) is 0.375. The Hall–Kier alpha value is -0.320. The number of anilines is 1. The average Bonchev–Trinajstić information content (AvgIpc) is 1.90. The molecule has 1 aromatic heterocycles. The molecule has 1 aliphatic rings. The zero-order valence-electron chi connectivity index (χ0n) is 6.13. The molecule has 0 aliphatic carbocycles. The van der Waals surface area contributed by atoms with E-state index in [9.17, 15) is 0 Å². The minimum atomic E-state index is 1.12.